The largest absolute Gasteiger partial charge is 0.312 e. The average molecular weight is 247 g/mol. The zero-order valence-corrected chi connectivity index (χ0v) is 12.1. The van der Waals surface area contributed by atoms with Crippen LogP contribution >= 0.6 is 0 Å². The Morgan fingerprint density at radius 3 is 2.00 bits per heavy atom. The van der Waals surface area contributed by atoms with Crippen LogP contribution in [0.15, 0.2) is 0 Å². The topological polar surface area (TPSA) is 12.0 Å². The molecule has 5 fully saturated rings. The molecule has 1 nitrogen and oxygen atoms in total. The van der Waals surface area contributed by atoms with Gasteiger partial charge in [0.15, 0.2) is 0 Å². The van der Waals surface area contributed by atoms with Crippen LogP contribution in [0.4, 0.5) is 0 Å². The Morgan fingerprint density at radius 2 is 1.44 bits per heavy atom. The van der Waals surface area contributed by atoms with Crippen LogP contribution in [0.1, 0.15) is 58.8 Å². The third-order valence-electron chi connectivity index (χ3n) is 6.74. The maximum Gasteiger partial charge on any atom is 0.0127 e. The van der Waals surface area contributed by atoms with E-state index >= 15 is 0 Å². The van der Waals surface area contributed by atoms with Crippen LogP contribution in [0.3, 0.4) is 0 Å². The minimum Gasteiger partial charge on any atom is -0.312 e. The summed E-state index contributed by atoms with van der Waals surface area (Å²) in [6.07, 6.45) is 10.9. The van der Waals surface area contributed by atoms with E-state index < -0.39 is 0 Å². The van der Waals surface area contributed by atoms with Gasteiger partial charge < -0.3 is 5.32 Å². The van der Waals surface area contributed by atoms with E-state index in [1.807, 2.05) is 0 Å². The zero-order chi connectivity index (χ0) is 12.3. The molecule has 1 atom stereocenters. The van der Waals surface area contributed by atoms with Crippen molar-refractivity contribution in [2.24, 2.45) is 35.5 Å². The first-order valence-corrected chi connectivity index (χ1v) is 8.36. The molecular weight excluding hydrogens is 218 g/mol. The molecule has 18 heavy (non-hydrogen) atoms. The zero-order valence-electron chi connectivity index (χ0n) is 12.1. The Morgan fingerprint density at radius 1 is 0.833 bits per heavy atom. The highest BCUT2D eigenvalue weighted by atomic mass is 15.0. The minimum atomic E-state index is 0.400. The third kappa shape index (κ3) is 1.85. The molecule has 5 aliphatic rings. The monoisotopic (exact) mass is 247 g/mol. The second kappa shape index (κ2) is 3.98. The van der Waals surface area contributed by atoms with E-state index in [-0.39, 0.29) is 0 Å². The van der Waals surface area contributed by atoms with Gasteiger partial charge in [0.1, 0.15) is 0 Å². The molecule has 4 saturated carbocycles. The lowest BCUT2D eigenvalue weighted by Crippen LogP contribution is -2.53. The normalized spacial score (nSPS) is 53.7. The smallest absolute Gasteiger partial charge is 0.0127 e. The average Bonchev–Trinajstić information content (AvgIpc) is 2.25. The molecule has 1 saturated heterocycles. The van der Waals surface area contributed by atoms with Gasteiger partial charge >= 0.3 is 0 Å². The highest BCUT2D eigenvalue weighted by Crippen LogP contribution is 2.59. The summed E-state index contributed by atoms with van der Waals surface area (Å²) in [5.41, 5.74) is 0.400. The second-order valence-electron chi connectivity index (χ2n) is 8.57. The fourth-order valence-corrected chi connectivity index (χ4v) is 6.49. The van der Waals surface area contributed by atoms with Crippen molar-refractivity contribution in [3.63, 3.8) is 0 Å². The molecule has 4 bridgehead atoms. The summed E-state index contributed by atoms with van der Waals surface area (Å²) >= 11 is 0. The fourth-order valence-electron chi connectivity index (χ4n) is 6.49. The van der Waals surface area contributed by atoms with Gasteiger partial charge in [-0.1, -0.05) is 0 Å². The molecule has 102 valence electrons. The third-order valence-corrected chi connectivity index (χ3v) is 6.74. The fraction of sp³-hybridized carbons (Fsp3) is 1.00. The van der Waals surface area contributed by atoms with Crippen LogP contribution in [0.25, 0.3) is 0 Å². The van der Waals surface area contributed by atoms with Crippen molar-refractivity contribution in [2.45, 2.75) is 64.3 Å². The summed E-state index contributed by atoms with van der Waals surface area (Å²) in [4.78, 5) is 0. The van der Waals surface area contributed by atoms with Gasteiger partial charge in [-0.2, -0.15) is 0 Å². The van der Waals surface area contributed by atoms with Crippen LogP contribution in [0, 0.1) is 35.5 Å². The molecule has 0 spiro atoms. The first kappa shape index (κ1) is 11.8. The van der Waals surface area contributed by atoms with E-state index in [1.165, 1.54) is 19.4 Å². The van der Waals surface area contributed by atoms with Crippen molar-refractivity contribution >= 4 is 0 Å². The first-order chi connectivity index (χ1) is 8.61. The molecule has 0 amide bonds. The number of piperidine rings is 1. The van der Waals surface area contributed by atoms with Crippen molar-refractivity contribution in [3.8, 4) is 0 Å². The van der Waals surface area contributed by atoms with Crippen LogP contribution in [-0.4, -0.2) is 12.1 Å². The van der Waals surface area contributed by atoms with Crippen molar-refractivity contribution in [1.29, 1.82) is 0 Å². The summed E-state index contributed by atoms with van der Waals surface area (Å²) in [5, 5.41) is 3.71. The molecule has 1 heteroatoms. The van der Waals surface area contributed by atoms with Crippen molar-refractivity contribution < 1.29 is 0 Å². The lowest BCUT2D eigenvalue weighted by molar-refractivity contribution is -0.0725. The summed E-state index contributed by atoms with van der Waals surface area (Å²) in [6, 6.07) is 0. The minimum absolute atomic E-state index is 0.400. The maximum atomic E-state index is 3.71. The van der Waals surface area contributed by atoms with Crippen LogP contribution < -0.4 is 5.32 Å². The molecule has 4 aliphatic carbocycles. The van der Waals surface area contributed by atoms with Crippen LogP contribution in [-0.2, 0) is 0 Å². The molecule has 0 aromatic heterocycles. The van der Waals surface area contributed by atoms with Gasteiger partial charge in [0.05, 0.1) is 0 Å². The lowest BCUT2D eigenvalue weighted by Gasteiger charge is -2.58. The van der Waals surface area contributed by atoms with Gasteiger partial charge in [-0.3, -0.25) is 0 Å². The Bertz CT molecular complexity index is 305. The number of hydrogen-bond acceptors (Lipinski definition) is 1. The van der Waals surface area contributed by atoms with Crippen molar-refractivity contribution in [2.75, 3.05) is 6.54 Å². The maximum absolute atomic E-state index is 3.71. The van der Waals surface area contributed by atoms with Gasteiger partial charge in [-0.25, -0.2) is 0 Å². The molecule has 5 rings (SSSR count). The predicted octanol–water partition coefficient (Wildman–Crippen LogP) is 3.84. The van der Waals surface area contributed by atoms with Gasteiger partial charge in [-0.05, 0) is 101 Å². The second-order valence-corrected chi connectivity index (χ2v) is 8.57. The van der Waals surface area contributed by atoms with Gasteiger partial charge in [0, 0.05) is 5.54 Å². The number of nitrogens with one attached hydrogen (secondary N) is 1. The Kier molecular flexibility index (Phi) is 2.60. The van der Waals surface area contributed by atoms with Gasteiger partial charge in [-0.15, -0.1) is 0 Å². The summed E-state index contributed by atoms with van der Waals surface area (Å²) in [6.45, 7) is 6.09. The van der Waals surface area contributed by atoms with Crippen LogP contribution in [0.5, 0.6) is 0 Å². The summed E-state index contributed by atoms with van der Waals surface area (Å²) in [5.74, 6) is 6.67. The molecule has 1 heterocycles. The van der Waals surface area contributed by atoms with E-state index in [2.05, 4.69) is 19.2 Å². The first-order valence-electron chi connectivity index (χ1n) is 8.36. The Balaban J connectivity index is 1.54. The van der Waals surface area contributed by atoms with E-state index in [0.717, 1.165) is 35.5 Å². The molecule has 1 aliphatic heterocycles. The highest BCUT2D eigenvalue weighted by molar-refractivity contribution is 5.02. The molecule has 0 aromatic rings. The standard InChI is InChI=1S/C17H29N/c1-17(2)10-13(3-4-18-17)16-14-6-11-5-12(8-14)9-15(16)7-11/h11-16,18H,3-10H2,1-2H3. The molecular formula is C17H29N. The van der Waals surface area contributed by atoms with Crippen molar-refractivity contribution in [3.05, 3.63) is 0 Å². The lowest BCUT2D eigenvalue weighted by atomic mass is 9.48. The Hall–Kier alpha value is -0.0400. The summed E-state index contributed by atoms with van der Waals surface area (Å²) < 4.78 is 0. The molecule has 0 radical (unpaired) electrons. The van der Waals surface area contributed by atoms with Gasteiger partial charge in [0.25, 0.3) is 0 Å². The number of rotatable bonds is 1. The van der Waals surface area contributed by atoms with E-state index in [4.69, 9.17) is 0 Å². The van der Waals surface area contributed by atoms with Crippen molar-refractivity contribution in [1.82, 2.24) is 5.32 Å². The van der Waals surface area contributed by atoms with E-state index in [9.17, 15) is 0 Å². The Labute approximate surface area is 112 Å². The van der Waals surface area contributed by atoms with Crippen LogP contribution in [0.2, 0.25) is 0 Å². The van der Waals surface area contributed by atoms with E-state index in [1.54, 1.807) is 32.1 Å². The predicted molar refractivity (Wildman–Crippen MR) is 75.3 cm³/mol. The van der Waals surface area contributed by atoms with Gasteiger partial charge in [0.2, 0.25) is 0 Å². The highest BCUT2D eigenvalue weighted by Gasteiger charge is 2.51. The van der Waals surface area contributed by atoms with E-state index in [0.29, 0.717) is 5.54 Å². The molecule has 1 unspecified atom stereocenters. The molecule has 0 aromatic carbocycles. The quantitative estimate of drug-likeness (QED) is 0.742. The molecule has 1 N–H and O–H groups in total. The summed E-state index contributed by atoms with van der Waals surface area (Å²) in [7, 11) is 0. The number of hydrogen-bond donors (Lipinski definition) is 1. The SMILES string of the molecule is CC1(C)CC(C2C3CC4CC(C3)CC2C4)CCN1.